The standard InChI is InChI=1S/C16H20FIN8O4S/c1-31(28,29)26-16(22-9-2-3-9)20-7-6-19-14-13(24-30-25-14)15(23-27)21-10-4-5-11(17)12(18)8-10/h4-5,8-9,27H,2-3,6-7H2,1H3,(H,19,25)(H,21,23)(H2,20,22,26). The van der Waals surface area contributed by atoms with E-state index in [4.69, 9.17) is 4.63 Å². The first-order chi connectivity index (χ1) is 14.7. The summed E-state index contributed by atoms with van der Waals surface area (Å²) in [5.74, 6) is -0.0680. The highest BCUT2D eigenvalue weighted by atomic mass is 127. The Morgan fingerprint density at radius 2 is 2.13 bits per heavy atom. The molecule has 1 aromatic heterocycles. The second-order valence-corrected chi connectivity index (χ2v) is 9.42. The molecule has 31 heavy (non-hydrogen) atoms. The van der Waals surface area contributed by atoms with E-state index in [1.165, 1.54) is 18.2 Å². The SMILES string of the molecule is CS(=O)(=O)/N=C(\NCCNc1nonc1/C(=N/O)Nc1ccc(F)c(I)c1)NC1CC1. The minimum absolute atomic E-state index is 0.0613. The van der Waals surface area contributed by atoms with Crippen LogP contribution >= 0.6 is 22.6 Å². The van der Waals surface area contributed by atoms with Crippen molar-refractivity contribution in [2.45, 2.75) is 18.9 Å². The third-order valence-electron chi connectivity index (χ3n) is 3.88. The zero-order chi connectivity index (χ0) is 22.4. The van der Waals surface area contributed by atoms with Crippen LogP contribution in [0.1, 0.15) is 18.5 Å². The summed E-state index contributed by atoms with van der Waals surface area (Å²) < 4.78 is 45.0. The van der Waals surface area contributed by atoms with Crippen molar-refractivity contribution >= 4 is 55.9 Å². The smallest absolute Gasteiger partial charge is 0.253 e. The number of sulfonamides is 1. The van der Waals surface area contributed by atoms with E-state index >= 15 is 0 Å². The highest BCUT2D eigenvalue weighted by Crippen LogP contribution is 2.19. The van der Waals surface area contributed by atoms with E-state index in [1.54, 1.807) is 0 Å². The van der Waals surface area contributed by atoms with Gasteiger partial charge in [-0.05, 0) is 63.9 Å². The van der Waals surface area contributed by atoms with Gasteiger partial charge in [-0.3, -0.25) is 0 Å². The molecule has 0 spiro atoms. The Bertz CT molecular complexity index is 1090. The Morgan fingerprint density at radius 1 is 1.35 bits per heavy atom. The minimum Gasteiger partial charge on any atom is -0.409 e. The Labute approximate surface area is 190 Å². The summed E-state index contributed by atoms with van der Waals surface area (Å²) in [4.78, 5) is 0. The first-order valence-corrected chi connectivity index (χ1v) is 12.0. The molecular formula is C16H20FIN8O4S. The van der Waals surface area contributed by atoms with E-state index in [0.29, 0.717) is 22.3 Å². The van der Waals surface area contributed by atoms with Crippen LogP contribution in [0.5, 0.6) is 0 Å². The number of rotatable bonds is 8. The van der Waals surface area contributed by atoms with E-state index in [1.807, 2.05) is 22.6 Å². The van der Waals surface area contributed by atoms with Crippen LogP contribution in [0.15, 0.2) is 32.4 Å². The van der Waals surface area contributed by atoms with Crippen molar-refractivity contribution < 1.29 is 22.6 Å². The Balaban J connectivity index is 1.59. The van der Waals surface area contributed by atoms with Crippen LogP contribution in [0.25, 0.3) is 0 Å². The van der Waals surface area contributed by atoms with Crippen LogP contribution in [0, 0.1) is 9.39 Å². The molecule has 0 aliphatic heterocycles. The van der Waals surface area contributed by atoms with Gasteiger partial charge < -0.3 is 26.5 Å². The molecule has 0 unspecified atom stereocenters. The number of hydrogen-bond acceptors (Lipinski definition) is 8. The molecule has 0 atom stereocenters. The van der Waals surface area contributed by atoms with Crippen LogP contribution in [0.3, 0.4) is 0 Å². The van der Waals surface area contributed by atoms with Gasteiger partial charge >= 0.3 is 0 Å². The lowest BCUT2D eigenvalue weighted by atomic mass is 10.3. The molecule has 15 heteroatoms. The van der Waals surface area contributed by atoms with Gasteiger partial charge in [0.05, 0.1) is 9.83 Å². The van der Waals surface area contributed by atoms with Gasteiger partial charge in [-0.15, -0.1) is 4.40 Å². The average molecular weight is 566 g/mol. The van der Waals surface area contributed by atoms with Crippen molar-refractivity contribution in [2.24, 2.45) is 9.55 Å². The molecule has 12 nitrogen and oxygen atoms in total. The molecule has 168 valence electrons. The van der Waals surface area contributed by atoms with Gasteiger partial charge in [0.25, 0.3) is 10.0 Å². The Hall–Kier alpha value is -2.69. The summed E-state index contributed by atoms with van der Waals surface area (Å²) >= 11 is 1.84. The van der Waals surface area contributed by atoms with Gasteiger partial charge in [0.15, 0.2) is 5.69 Å². The van der Waals surface area contributed by atoms with Crippen LogP contribution in [-0.4, -0.2) is 61.1 Å². The number of halogens is 2. The fourth-order valence-electron chi connectivity index (χ4n) is 2.36. The number of hydrogen-bond donors (Lipinski definition) is 5. The molecular weight excluding hydrogens is 546 g/mol. The summed E-state index contributed by atoms with van der Waals surface area (Å²) in [5, 5.41) is 31.7. The van der Waals surface area contributed by atoms with Crippen molar-refractivity contribution in [3.05, 3.63) is 33.3 Å². The van der Waals surface area contributed by atoms with Gasteiger partial charge in [0.2, 0.25) is 17.6 Å². The molecule has 5 N–H and O–H groups in total. The van der Waals surface area contributed by atoms with E-state index in [-0.39, 0.29) is 35.2 Å². The fraction of sp³-hybridized carbons (Fsp3) is 0.375. The van der Waals surface area contributed by atoms with Crippen molar-refractivity contribution in [3.63, 3.8) is 0 Å². The lowest BCUT2D eigenvalue weighted by Gasteiger charge is -2.12. The topological polar surface area (TPSA) is 166 Å². The summed E-state index contributed by atoms with van der Waals surface area (Å²) in [5.41, 5.74) is 0.574. The van der Waals surface area contributed by atoms with Gasteiger partial charge in [-0.1, -0.05) is 5.16 Å². The lowest BCUT2D eigenvalue weighted by molar-refractivity contribution is 0.305. The van der Waals surface area contributed by atoms with E-state index in [9.17, 15) is 18.0 Å². The molecule has 0 amide bonds. The third-order valence-corrected chi connectivity index (χ3v) is 5.22. The predicted molar refractivity (Wildman–Crippen MR) is 120 cm³/mol. The van der Waals surface area contributed by atoms with Crippen molar-refractivity contribution in [2.75, 3.05) is 30.0 Å². The molecule has 0 saturated heterocycles. The number of guanidine groups is 1. The van der Waals surface area contributed by atoms with Crippen LogP contribution < -0.4 is 21.3 Å². The number of aromatic nitrogens is 2. The van der Waals surface area contributed by atoms with Gasteiger partial charge in [0, 0.05) is 24.8 Å². The van der Waals surface area contributed by atoms with Crippen molar-refractivity contribution in [3.8, 4) is 0 Å². The molecule has 1 aliphatic carbocycles. The maximum Gasteiger partial charge on any atom is 0.253 e. The number of oxime groups is 1. The lowest BCUT2D eigenvalue weighted by Crippen LogP contribution is -2.41. The summed E-state index contributed by atoms with van der Waals surface area (Å²) in [6.45, 7) is 0.596. The van der Waals surface area contributed by atoms with E-state index in [0.717, 1.165) is 19.1 Å². The molecule has 1 saturated carbocycles. The first kappa shape index (κ1) is 23.0. The molecule has 3 rings (SSSR count). The van der Waals surface area contributed by atoms with Crippen LogP contribution in [-0.2, 0) is 10.0 Å². The average Bonchev–Trinajstić information content (AvgIpc) is 3.39. The van der Waals surface area contributed by atoms with Crippen molar-refractivity contribution in [1.82, 2.24) is 20.9 Å². The molecule has 0 bridgehead atoms. The molecule has 1 fully saturated rings. The maximum atomic E-state index is 13.4. The predicted octanol–water partition coefficient (Wildman–Crippen LogP) is 1.13. The first-order valence-electron chi connectivity index (χ1n) is 9.06. The highest BCUT2D eigenvalue weighted by Gasteiger charge is 2.23. The highest BCUT2D eigenvalue weighted by molar-refractivity contribution is 14.1. The van der Waals surface area contributed by atoms with Gasteiger partial charge in [-0.2, -0.15) is 0 Å². The zero-order valence-corrected chi connectivity index (χ0v) is 19.2. The van der Waals surface area contributed by atoms with Gasteiger partial charge in [-0.25, -0.2) is 17.4 Å². The number of nitrogens with one attached hydrogen (secondary N) is 4. The quantitative estimate of drug-likeness (QED) is 0.0781. The molecule has 2 aromatic rings. The molecule has 1 aliphatic rings. The Morgan fingerprint density at radius 3 is 2.77 bits per heavy atom. The van der Waals surface area contributed by atoms with Crippen LogP contribution in [0.4, 0.5) is 15.9 Å². The summed E-state index contributed by atoms with van der Waals surface area (Å²) in [6.07, 6.45) is 2.93. The second-order valence-electron chi connectivity index (χ2n) is 6.61. The number of benzene rings is 1. The monoisotopic (exact) mass is 566 g/mol. The van der Waals surface area contributed by atoms with Crippen molar-refractivity contribution in [1.29, 1.82) is 0 Å². The van der Waals surface area contributed by atoms with E-state index < -0.39 is 10.0 Å². The zero-order valence-electron chi connectivity index (χ0n) is 16.3. The minimum atomic E-state index is -3.55. The van der Waals surface area contributed by atoms with Gasteiger partial charge in [0.1, 0.15) is 5.82 Å². The second kappa shape index (κ2) is 10.1. The molecule has 0 radical (unpaired) electrons. The molecule has 1 heterocycles. The Kier molecular flexibility index (Phi) is 7.47. The largest absolute Gasteiger partial charge is 0.409 e. The normalized spacial score (nSPS) is 14.9. The number of nitrogens with zero attached hydrogens (tertiary/aromatic N) is 4. The fourth-order valence-corrected chi connectivity index (χ4v) is 3.32. The third kappa shape index (κ3) is 7.20. The number of anilines is 2. The number of amidine groups is 1. The molecule has 1 aromatic carbocycles. The maximum absolute atomic E-state index is 13.4. The summed E-state index contributed by atoms with van der Waals surface area (Å²) in [6, 6.07) is 4.50. The van der Waals surface area contributed by atoms with Crippen LogP contribution in [0.2, 0.25) is 0 Å². The summed E-state index contributed by atoms with van der Waals surface area (Å²) in [7, 11) is -3.55. The van der Waals surface area contributed by atoms with E-state index in [2.05, 4.69) is 41.1 Å².